The van der Waals surface area contributed by atoms with Crippen molar-refractivity contribution >= 4 is 54.1 Å². The highest BCUT2D eigenvalue weighted by Gasteiger charge is 2.53. The number of ether oxygens (including phenoxy) is 1. The number of alkyl halides is 2. The van der Waals surface area contributed by atoms with Crippen LogP contribution in [0.5, 0.6) is 5.75 Å². The van der Waals surface area contributed by atoms with E-state index in [1.165, 1.54) is 36.5 Å². The number of fused-ring (bicyclic) bond motifs is 1. The summed E-state index contributed by atoms with van der Waals surface area (Å²) in [7, 11) is 4.64. The van der Waals surface area contributed by atoms with Crippen LogP contribution in [-0.2, 0) is 0 Å². The lowest BCUT2D eigenvalue weighted by molar-refractivity contribution is -0.0973. The molecular weight excluding hydrogens is 524 g/mol. The normalized spacial score (nSPS) is 17.0. The van der Waals surface area contributed by atoms with Crippen LogP contribution in [0.2, 0.25) is 5.02 Å². The Kier molecular flexibility index (Phi) is 5.91. The fourth-order valence-corrected chi connectivity index (χ4v) is 5.77. The van der Waals surface area contributed by atoms with E-state index in [-0.39, 0.29) is 11.3 Å². The molecule has 3 heterocycles. The first-order valence-electron chi connectivity index (χ1n) is 11.5. The Hall–Kier alpha value is -3.12. The van der Waals surface area contributed by atoms with Gasteiger partial charge in [-0.05, 0) is 49.2 Å². The molecule has 0 bridgehead atoms. The van der Waals surface area contributed by atoms with E-state index in [1.54, 1.807) is 16.2 Å². The zero-order valence-corrected chi connectivity index (χ0v) is 20.9. The van der Waals surface area contributed by atoms with E-state index in [9.17, 15) is 13.2 Å². The average molecular weight is 543 g/mol. The number of benzene rings is 2. The smallest absolute Gasteiger partial charge is 0.335 e. The van der Waals surface area contributed by atoms with E-state index in [4.69, 9.17) is 16.7 Å². The maximum absolute atomic E-state index is 13.3. The third-order valence-electron chi connectivity index (χ3n) is 6.50. The van der Waals surface area contributed by atoms with Crippen molar-refractivity contribution in [2.24, 2.45) is 0 Å². The number of hydrogen-bond donors (Lipinski definition) is 0. The maximum atomic E-state index is 13.3. The molecule has 2 radical (unpaired) electrons. The second kappa shape index (κ2) is 9.02. The molecule has 4 aromatic rings. The summed E-state index contributed by atoms with van der Waals surface area (Å²) < 4.78 is 45.4. The van der Waals surface area contributed by atoms with Gasteiger partial charge in [-0.2, -0.15) is 12.9 Å². The number of piperazine rings is 1. The van der Waals surface area contributed by atoms with Crippen LogP contribution in [0.25, 0.3) is 10.9 Å². The van der Waals surface area contributed by atoms with Crippen molar-refractivity contribution in [3.05, 3.63) is 65.7 Å². The molecule has 37 heavy (non-hydrogen) atoms. The largest absolute Gasteiger partial charge is 0.441 e. The summed E-state index contributed by atoms with van der Waals surface area (Å²) in [6, 6.07) is 8.08. The molecule has 1 saturated carbocycles. The van der Waals surface area contributed by atoms with Crippen LogP contribution in [-0.4, -0.2) is 58.2 Å². The Balaban J connectivity index is 1.30. The number of rotatable bonds is 6. The minimum atomic E-state index is -3.75. The van der Waals surface area contributed by atoms with E-state index < -0.39 is 11.8 Å². The third-order valence-corrected chi connectivity index (χ3v) is 7.75. The van der Waals surface area contributed by atoms with E-state index >= 15 is 0 Å². The fourth-order valence-electron chi connectivity index (χ4n) is 4.69. The first kappa shape index (κ1) is 24.2. The van der Waals surface area contributed by atoms with Crippen molar-refractivity contribution in [1.82, 2.24) is 19.2 Å². The molecule has 6 rings (SSSR count). The highest BCUT2D eigenvalue weighted by atomic mass is 35.5. The van der Waals surface area contributed by atoms with E-state index in [0.717, 1.165) is 34.5 Å². The second-order valence-electron chi connectivity index (χ2n) is 9.06. The van der Waals surface area contributed by atoms with Gasteiger partial charge in [0, 0.05) is 36.5 Å². The van der Waals surface area contributed by atoms with Gasteiger partial charge in [0.25, 0.3) is 0 Å². The van der Waals surface area contributed by atoms with Crippen LogP contribution >= 0.6 is 23.5 Å². The molecule has 1 aliphatic carbocycles. The average Bonchev–Trinajstić information content (AvgIpc) is 3.52. The van der Waals surface area contributed by atoms with Crippen molar-refractivity contribution in [2.45, 2.75) is 29.3 Å². The quantitative estimate of drug-likeness (QED) is 0.313. The van der Waals surface area contributed by atoms with Gasteiger partial charge in [0.2, 0.25) is 13.8 Å². The van der Waals surface area contributed by atoms with Gasteiger partial charge < -0.3 is 14.5 Å². The van der Waals surface area contributed by atoms with Gasteiger partial charge in [-0.15, -0.1) is 5.10 Å². The molecule has 2 aromatic carbocycles. The Bertz CT molecular complexity index is 1450. The van der Waals surface area contributed by atoms with Crippen LogP contribution in [0.4, 0.5) is 24.9 Å². The van der Waals surface area contributed by atoms with Crippen molar-refractivity contribution in [3.63, 3.8) is 0 Å². The highest BCUT2D eigenvalue weighted by molar-refractivity contribution is 7.98. The predicted octanol–water partition coefficient (Wildman–Crippen LogP) is 5.13. The van der Waals surface area contributed by atoms with Crippen LogP contribution in [0.3, 0.4) is 0 Å². The van der Waals surface area contributed by atoms with Gasteiger partial charge in [-0.3, -0.25) is 0 Å². The fraction of sp³-hybridized carbons (Fsp3) is 0.292. The molecule has 1 aliphatic heterocycles. The lowest BCUT2D eigenvalue weighted by Gasteiger charge is -2.42. The minimum absolute atomic E-state index is 0.0374. The van der Waals surface area contributed by atoms with Gasteiger partial charge in [-0.1, -0.05) is 17.7 Å². The van der Waals surface area contributed by atoms with Crippen molar-refractivity contribution in [1.29, 1.82) is 0 Å². The molecule has 188 valence electrons. The van der Waals surface area contributed by atoms with E-state index in [1.807, 2.05) is 18.2 Å². The summed E-state index contributed by atoms with van der Waals surface area (Å²) in [5, 5.41) is 6.38. The molecule has 0 unspecified atom stereocenters. The summed E-state index contributed by atoms with van der Waals surface area (Å²) in [5.41, 5.74) is 0.694. The predicted molar refractivity (Wildman–Crippen MR) is 137 cm³/mol. The van der Waals surface area contributed by atoms with Crippen molar-refractivity contribution < 1.29 is 17.9 Å². The summed E-state index contributed by atoms with van der Waals surface area (Å²) in [6.07, 6.45) is 4.31. The molecule has 1 saturated heterocycles. The third kappa shape index (κ3) is 4.79. The zero-order valence-electron chi connectivity index (χ0n) is 19.3. The molecule has 1 spiro atoms. The number of nitrogens with zero attached hydrogens (tertiary/aromatic N) is 6. The van der Waals surface area contributed by atoms with Crippen molar-refractivity contribution in [2.75, 3.05) is 29.4 Å². The van der Waals surface area contributed by atoms with Gasteiger partial charge >= 0.3 is 6.01 Å². The Morgan fingerprint density at radius 1 is 1.05 bits per heavy atom. The monoisotopic (exact) mass is 542 g/mol. The first-order chi connectivity index (χ1) is 17.7. The lowest BCUT2D eigenvalue weighted by atomic mass is 10.1. The minimum Gasteiger partial charge on any atom is -0.441 e. The van der Waals surface area contributed by atoms with Gasteiger partial charge in [-0.25, -0.2) is 14.4 Å². The molecule has 7 nitrogen and oxygen atoms in total. The Morgan fingerprint density at radius 2 is 1.78 bits per heavy atom. The maximum Gasteiger partial charge on any atom is 0.335 e. The number of hydrogen-bond acceptors (Lipinski definition) is 7. The lowest BCUT2D eigenvalue weighted by Crippen LogP contribution is -2.56. The zero-order chi connectivity index (χ0) is 25.8. The van der Waals surface area contributed by atoms with Crippen LogP contribution in [0, 0.1) is 5.82 Å². The molecule has 0 amide bonds. The highest BCUT2D eigenvalue weighted by Crippen LogP contribution is 2.49. The Morgan fingerprint density at radius 3 is 2.46 bits per heavy atom. The SMILES string of the molecule is [B]C(F)(F)Oc1ccc(Sn2nc(N3CCN(c4ncc(F)cn4)CC34CC4)c3c(Cl)cccc32)cc1. The molecule has 2 aromatic heterocycles. The summed E-state index contributed by atoms with van der Waals surface area (Å²) in [4.78, 5) is 13.5. The molecule has 0 atom stereocenters. The molecule has 13 heteroatoms. The van der Waals surface area contributed by atoms with E-state index in [2.05, 4.69) is 32.4 Å². The molecule has 2 aliphatic rings. The van der Waals surface area contributed by atoms with Crippen LogP contribution < -0.4 is 14.5 Å². The second-order valence-corrected chi connectivity index (χ2v) is 10.5. The van der Waals surface area contributed by atoms with Crippen LogP contribution in [0.15, 0.2) is 59.8 Å². The van der Waals surface area contributed by atoms with Crippen LogP contribution in [0.1, 0.15) is 12.8 Å². The summed E-state index contributed by atoms with van der Waals surface area (Å²) in [5.74, 6) is 0.792. The summed E-state index contributed by atoms with van der Waals surface area (Å²) in [6.45, 7) is 2.01. The number of aromatic nitrogens is 4. The topological polar surface area (TPSA) is 59.3 Å². The van der Waals surface area contributed by atoms with Gasteiger partial charge in [0.15, 0.2) is 11.6 Å². The Labute approximate surface area is 221 Å². The first-order valence-corrected chi connectivity index (χ1v) is 12.7. The molecular formula is C24H19BClF3N6OS. The van der Waals surface area contributed by atoms with Crippen molar-refractivity contribution in [3.8, 4) is 5.75 Å². The van der Waals surface area contributed by atoms with Gasteiger partial charge in [0.05, 0.1) is 33.9 Å². The standard InChI is InChI=1S/C24H19BClF3N6OS/c25-24(28,29)36-16-4-6-17(7-5-16)37-35-19-3-1-2-18(26)20(19)21(32-35)34-11-10-33(14-23(34)8-9-23)22-30-12-15(27)13-31-22/h1-7,12-13H,8-11,14H2. The molecule has 0 N–H and O–H groups in total. The molecule has 2 fully saturated rings. The van der Waals surface area contributed by atoms with E-state index in [0.29, 0.717) is 30.6 Å². The number of halogens is 4. The number of anilines is 2. The van der Waals surface area contributed by atoms with Gasteiger partial charge in [0.1, 0.15) is 5.75 Å². The summed E-state index contributed by atoms with van der Waals surface area (Å²) >= 11 is 8.01.